The van der Waals surface area contributed by atoms with Gasteiger partial charge in [0.15, 0.2) is 5.65 Å². The Morgan fingerprint density at radius 3 is 2.88 bits per heavy atom. The van der Waals surface area contributed by atoms with Gasteiger partial charge in [0, 0.05) is 35.7 Å². The van der Waals surface area contributed by atoms with Gasteiger partial charge in [-0.25, -0.2) is 9.50 Å². The van der Waals surface area contributed by atoms with Crippen LogP contribution in [0.2, 0.25) is 5.02 Å². The molecule has 0 saturated carbocycles. The summed E-state index contributed by atoms with van der Waals surface area (Å²) in [5.74, 6) is 0.787. The van der Waals surface area contributed by atoms with Gasteiger partial charge in [-0.3, -0.25) is 4.98 Å². The molecular formula is C18H14ClN5. The van der Waals surface area contributed by atoms with Crippen molar-refractivity contribution in [3.05, 3.63) is 77.8 Å². The second kappa shape index (κ2) is 6.29. The summed E-state index contributed by atoms with van der Waals surface area (Å²) in [6, 6.07) is 13.5. The minimum absolute atomic E-state index is 0.664. The lowest BCUT2D eigenvalue weighted by molar-refractivity contribution is 0.936. The third-order valence-electron chi connectivity index (χ3n) is 3.70. The van der Waals surface area contributed by atoms with Crippen LogP contribution in [0.4, 0.5) is 5.82 Å². The molecule has 0 saturated heterocycles. The van der Waals surface area contributed by atoms with Crippen LogP contribution < -0.4 is 5.32 Å². The quantitative estimate of drug-likeness (QED) is 0.611. The molecule has 0 aliphatic rings. The fourth-order valence-corrected chi connectivity index (χ4v) is 2.71. The molecule has 1 aromatic carbocycles. The Morgan fingerprint density at radius 2 is 2.04 bits per heavy atom. The molecule has 0 atom stereocenters. The van der Waals surface area contributed by atoms with Gasteiger partial charge in [-0.2, -0.15) is 5.10 Å². The second-order valence-corrected chi connectivity index (χ2v) is 5.80. The smallest absolute Gasteiger partial charge is 0.165 e. The average Bonchev–Trinajstić information content (AvgIpc) is 3.04. The summed E-state index contributed by atoms with van der Waals surface area (Å²) < 4.78 is 1.76. The molecule has 0 bridgehead atoms. The van der Waals surface area contributed by atoms with E-state index in [1.54, 1.807) is 16.9 Å². The van der Waals surface area contributed by atoms with E-state index < -0.39 is 0 Å². The third kappa shape index (κ3) is 2.94. The molecule has 0 aliphatic carbocycles. The maximum absolute atomic E-state index is 6.10. The van der Waals surface area contributed by atoms with Gasteiger partial charge in [0.1, 0.15) is 5.82 Å². The summed E-state index contributed by atoms with van der Waals surface area (Å²) in [7, 11) is 0. The summed E-state index contributed by atoms with van der Waals surface area (Å²) in [5, 5.41) is 8.36. The van der Waals surface area contributed by atoms with E-state index in [9.17, 15) is 0 Å². The number of nitrogens with one attached hydrogen (secondary N) is 1. The molecule has 3 heterocycles. The van der Waals surface area contributed by atoms with Gasteiger partial charge in [-0.05, 0) is 35.4 Å². The molecule has 4 aromatic rings. The summed E-state index contributed by atoms with van der Waals surface area (Å²) in [6.07, 6.45) is 7.29. The molecule has 4 rings (SSSR count). The molecule has 0 amide bonds. The molecule has 0 aliphatic heterocycles. The van der Waals surface area contributed by atoms with Gasteiger partial charge in [0.2, 0.25) is 0 Å². The van der Waals surface area contributed by atoms with Crippen molar-refractivity contribution >= 4 is 23.1 Å². The largest absolute Gasteiger partial charge is 0.366 e. The average molecular weight is 336 g/mol. The van der Waals surface area contributed by atoms with Crippen LogP contribution in [0.3, 0.4) is 0 Å². The van der Waals surface area contributed by atoms with Crippen LogP contribution in [0.15, 0.2) is 67.3 Å². The highest BCUT2D eigenvalue weighted by atomic mass is 35.5. The van der Waals surface area contributed by atoms with E-state index >= 15 is 0 Å². The molecule has 5 nitrogen and oxygen atoms in total. The Morgan fingerprint density at radius 1 is 1.08 bits per heavy atom. The van der Waals surface area contributed by atoms with Crippen molar-refractivity contribution in [3.63, 3.8) is 0 Å². The summed E-state index contributed by atoms with van der Waals surface area (Å²) in [6.45, 7) is 0.664. The van der Waals surface area contributed by atoms with Crippen molar-refractivity contribution in [2.45, 2.75) is 6.54 Å². The second-order valence-electron chi connectivity index (χ2n) is 5.36. The first-order chi connectivity index (χ1) is 11.8. The van der Waals surface area contributed by atoms with Gasteiger partial charge < -0.3 is 5.32 Å². The first-order valence-electron chi connectivity index (χ1n) is 7.53. The van der Waals surface area contributed by atoms with E-state index in [0.29, 0.717) is 11.6 Å². The summed E-state index contributed by atoms with van der Waals surface area (Å²) >= 11 is 6.10. The predicted octanol–water partition coefficient (Wildman–Crippen LogP) is 4.06. The van der Waals surface area contributed by atoms with E-state index in [4.69, 9.17) is 11.6 Å². The van der Waals surface area contributed by atoms with Gasteiger partial charge in [0.05, 0.1) is 6.20 Å². The molecule has 3 aromatic heterocycles. The number of hydrogen-bond acceptors (Lipinski definition) is 4. The zero-order chi connectivity index (χ0) is 16.4. The molecular weight excluding hydrogens is 322 g/mol. The molecule has 1 N–H and O–H groups in total. The standard InChI is InChI=1S/C18H14ClN5/c19-15-5-1-4-14(9-15)16-12-22-24-8-6-17(23-18(16)24)21-11-13-3-2-7-20-10-13/h1-10,12H,11H2,(H,21,23). The van der Waals surface area contributed by atoms with Crippen molar-refractivity contribution in [1.29, 1.82) is 0 Å². The number of rotatable bonds is 4. The van der Waals surface area contributed by atoms with Crippen LogP contribution >= 0.6 is 11.6 Å². The highest BCUT2D eigenvalue weighted by molar-refractivity contribution is 6.30. The maximum Gasteiger partial charge on any atom is 0.165 e. The Balaban J connectivity index is 1.66. The van der Waals surface area contributed by atoms with Gasteiger partial charge in [-0.15, -0.1) is 0 Å². The first kappa shape index (κ1) is 14.7. The normalized spacial score (nSPS) is 10.9. The zero-order valence-electron chi connectivity index (χ0n) is 12.7. The van der Waals surface area contributed by atoms with Gasteiger partial charge in [-0.1, -0.05) is 29.8 Å². The number of fused-ring (bicyclic) bond motifs is 1. The van der Waals surface area contributed by atoms with Crippen LogP contribution in [0.1, 0.15) is 5.56 Å². The van der Waals surface area contributed by atoms with Crippen molar-refractivity contribution < 1.29 is 0 Å². The van der Waals surface area contributed by atoms with Crippen molar-refractivity contribution in [2.75, 3.05) is 5.32 Å². The third-order valence-corrected chi connectivity index (χ3v) is 3.94. The van der Waals surface area contributed by atoms with Crippen LogP contribution in [0, 0.1) is 0 Å². The molecule has 0 radical (unpaired) electrons. The van der Waals surface area contributed by atoms with Crippen LogP contribution in [-0.2, 0) is 6.54 Å². The number of halogens is 1. The van der Waals surface area contributed by atoms with E-state index in [1.165, 1.54) is 0 Å². The summed E-state index contributed by atoms with van der Waals surface area (Å²) in [4.78, 5) is 8.80. The van der Waals surface area contributed by atoms with Crippen molar-refractivity contribution in [3.8, 4) is 11.1 Å². The van der Waals surface area contributed by atoms with Crippen molar-refractivity contribution in [1.82, 2.24) is 19.6 Å². The lowest BCUT2D eigenvalue weighted by Gasteiger charge is -2.06. The number of nitrogens with zero attached hydrogens (tertiary/aromatic N) is 4. The predicted molar refractivity (Wildman–Crippen MR) is 95.0 cm³/mol. The zero-order valence-corrected chi connectivity index (χ0v) is 13.5. The Kier molecular flexibility index (Phi) is 3.84. The van der Waals surface area contributed by atoms with Gasteiger partial charge >= 0.3 is 0 Å². The number of hydrogen-bond donors (Lipinski definition) is 1. The molecule has 6 heteroatoms. The Labute approximate surface area is 144 Å². The number of pyridine rings is 1. The lowest BCUT2D eigenvalue weighted by atomic mass is 10.1. The van der Waals surface area contributed by atoms with Crippen LogP contribution in [-0.4, -0.2) is 19.6 Å². The van der Waals surface area contributed by atoms with E-state index in [-0.39, 0.29) is 0 Å². The maximum atomic E-state index is 6.10. The fourth-order valence-electron chi connectivity index (χ4n) is 2.52. The minimum Gasteiger partial charge on any atom is -0.366 e. The topological polar surface area (TPSA) is 55.1 Å². The van der Waals surface area contributed by atoms with E-state index in [0.717, 1.165) is 28.2 Å². The monoisotopic (exact) mass is 335 g/mol. The molecule has 0 unspecified atom stereocenters. The molecule has 24 heavy (non-hydrogen) atoms. The highest BCUT2D eigenvalue weighted by Crippen LogP contribution is 2.26. The Hall–Kier alpha value is -2.92. The minimum atomic E-state index is 0.664. The highest BCUT2D eigenvalue weighted by Gasteiger charge is 2.09. The molecule has 0 fully saturated rings. The SMILES string of the molecule is Clc1cccc(-c2cnn3ccc(NCc4cccnc4)nc23)c1. The van der Waals surface area contributed by atoms with Crippen LogP contribution in [0.5, 0.6) is 0 Å². The molecule has 118 valence electrons. The number of anilines is 1. The fraction of sp³-hybridized carbons (Fsp3) is 0.0556. The Bertz CT molecular complexity index is 981. The van der Waals surface area contributed by atoms with E-state index in [2.05, 4.69) is 20.4 Å². The first-order valence-corrected chi connectivity index (χ1v) is 7.90. The van der Waals surface area contributed by atoms with Crippen LogP contribution in [0.25, 0.3) is 16.8 Å². The van der Waals surface area contributed by atoms with Crippen molar-refractivity contribution in [2.24, 2.45) is 0 Å². The number of aromatic nitrogens is 4. The summed E-state index contributed by atoms with van der Waals surface area (Å²) in [5.41, 5.74) is 3.83. The molecule has 0 spiro atoms. The van der Waals surface area contributed by atoms with E-state index in [1.807, 2.05) is 54.9 Å². The van der Waals surface area contributed by atoms with Gasteiger partial charge in [0.25, 0.3) is 0 Å². The number of benzene rings is 1. The lowest BCUT2D eigenvalue weighted by Crippen LogP contribution is -2.03.